The van der Waals surface area contributed by atoms with Gasteiger partial charge in [0.25, 0.3) is 0 Å². The third-order valence-electron chi connectivity index (χ3n) is 4.21. The molecule has 0 saturated carbocycles. The number of hydrogen-bond acceptors (Lipinski definition) is 2. The predicted molar refractivity (Wildman–Crippen MR) is 78.1 cm³/mol. The molecular weight excluding hydrogens is 236 g/mol. The number of amides is 1. The molecule has 0 atom stereocenters. The first-order valence-corrected chi connectivity index (χ1v) is 7.08. The van der Waals surface area contributed by atoms with Crippen molar-refractivity contribution >= 4 is 5.91 Å². The highest BCUT2D eigenvalue weighted by Crippen LogP contribution is 2.28. The zero-order valence-corrected chi connectivity index (χ0v) is 12.1. The monoisotopic (exact) mass is 260 g/mol. The minimum absolute atomic E-state index is 0.210. The second kappa shape index (κ2) is 5.74. The van der Waals surface area contributed by atoms with Crippen LogP contribution in [0.1, 0.15) is 38.2 Å². The summed E-state index contributed by atoms with van der Waals surface area (Å²) in [7, 11) is 1.84. The van der Waals surface area contributed by atoms with E-state index in [1.54, 1.807) is 0 Å². The van der Waals surface area contributed by atoms with Gasteiger partial charge < -0.3 is 10.2 Å². The molecule has 1 aliphatic rings. The Hall–Kier alpha value is -1.35. The van der Waals surface area contributed by atoms with Crippen molar-refractivity contribution in [3.8, 4) is 0 Å². The van der Waals surface area contributed by atoms with Crippen molar-refractivity contribution in [2.75, 3.05) is 20.1 Å². The van der Waals surface area contributed by atoms with Crippen molar-refractivity contribution < 1.29 is 4.79 Å². The van der Waals surface area contributed by atoms with Gasteiger partial charge in [0.15, 0.2) is 0 Å². The number of likely N-dealkylation sites (tertiary alicyclic amines) is 1. The van der Waals surface area contributed by atoms with Gasteiger partial charge in [-0.3, -0.25) is 4.79 Å². The van der Waals surface area contributed by atoms with Crippen LogP contribution in [0, 0.1) is 0 Å². The van der Waals surface area contributed by atoms with Crippen LogP contribution in [0.15, 0.2) is 30.3 Å². The Bertz CT molecular complexity index is 420. The number of nitrogens with zero attached hydrogens (tertiary/aromatic N) is 1. The summed E-state index contributed by atoms with van der Waals surface area (Å²) in [5, 5.41) is 3.09. The molecule has 3 heteroatoms. The van der Waals surface area contributed by atoms with E-state index in [4.69, 9.17) is 0 Å². The van der Waals surface area contributed by atoms with E-state index in [0.29, 0.717) is 5.92 Å². The highest BCUT2D eigenvalue weighted by Gasteiger charge is 2.32. The molecule has 1 N–H and O–H groups in total. The molecule has 1 aromatic rings. The SMILES string of the molecule is CNC(C)(C)C(=O)N1CCC(c2ccccc2)CC1. The summed E-state index contributed by atoms with van der Waals surface area (Å²) < 4.78 is 0. The maximum Gasteiger partial charge on any atom is 0.242 e. The summed E-state index contributed by atoms with van der Waals surface area (Å²) in [5.74, 6) is 0.810. The van der Waals surface area contributed by atoms with Crippen molar-refractivity contribution in [3.05, 3.63) is 35.9 Å². The molecule has 0 aliphatic carbocycles. The van der Waals surface area contributed by atoms with Gasteiger partial charge in [-0.1, -0.05) is 30.3 Å². The molecule has 0 radical (unpaired) electrons. The maximum atomic E-state index is 12.4. The first-order valence-electron chi connectivity index (χ1n) is 7.08. The van der Waals surface area contributed by atoms with E-state index in [2.05, 4.69) is 35.6 Å². The third kappa shape index (κ3) is 3.16. The normalized spacial score (nSPS) is 17.5. The lowest BCUT2D eigenvalue weighted by molar-refractivity contribution is -0.138. The summed E-state index contributed by atoms with van der Waals surface area (Å²) in [6.45, 7) is 5.62. The second-order valence-corrected chi connectivity index (χ2v) is 5.85. The Kier molecular flexibility index (Phi) is 4.25. The van der Waals surface area contributed by atoms with Crippen LogP contribution in [0.5, 0.6) is 0 Å². The first-order chi connectivity index (χ1) is 9.04. The molecular formula is C16H24N2O. The van der Waals surface area contributed by atoms with Crippen molar-refractivity contribution in [2.45, 2.75) is 38.1 Å². The second-order valence-electron chi connectivity index (χ2n) is 5.85. The molecule has 0 aromatic heterocycles. The van der Waals surface area contributed by atoms with Gasteiger partial charge in [0.2, 0.25) is 5.91 Å². The number of nitrogens with one attached hydrogen (secondary N) is 1. The third-order valence-corrected chi connectivity index (χ3v) is 4.21. The maximum absolute atomic E-state index is 12.4. The van der Waals surface area contributed by atoms with Crippen molar-refractivity contribution in [1.29, 1.82) is 0 Å². The fraction of sp³-hybridized carbons (Fsp3) is 0.562. The van der Waals surface area contributed by atoms with Gasteiger partial charge in [-0.2, -0.15) is 0 Å². The Balaban J connectivity index is 1.95. The lowest BCUT2D eigenvalue weighted by Gasteiger charge is -2.37. The Morgan fingerprint density at radius 3 is 2.32 bits per heavy atom. The van der Waals surface area contributed by atoms with Gasteiger partial charge in [0.05, 0.1) is 5.54 Å². The number of carbonyl (C=O) groups is 1. The van der Waals surface area contributed by atoms with Gasteiger partial charge in [0.1, 0.15) is 0 Å². The van der Waals surface area contributed by atoms with E-state index in [0.717, 1.165) is 25.9 Å². The molecule has 0 unspecified atom stereocenters. The molecule has 2 rings (SSSR count). The molecule has 104 valence electrons. The molecule has 1 aromatic carbocycles. The zero-order valence-electron chi connectivity index (χ0n) is 12.1. The van der Waals surface area contributed by atoms with E-state index in [9.17, 15) is 4.79 Å². The number of piperidine rings is 1. The van der Waals surface area contributed by atoms with Gasteiger partial charge >= 0.3 is 0 Å². The average molecular weight is 260 g/mol. The molecule has 1 amide bonds. The average Bonchev–Trinajstić information content (AvgIpc) is 2.47. The summed E-state index contributed by atoms with van der Waals surface area (Å²) in [6.07, 6.45) is 2.13. The number of rotatable bonds is 3. The fourth-order valence-corrected chi connectivity index (χ4v) is 2.64. The van der Waals surface area contributed by atoms with Gasteiger partial charge in [-0.15, -0.1) is 0 Å². The van der Waals surface area contributed by atoms with Crippen LogP contribution in [0.4, 0.5) is 0 Å². The van der Waals surface area contributed by atoms with Crippen LogP contribution in [0.25, 0.3) is 0 Å². The molecule has 1 heterocycles. The quantitative estimate of drug-likeness (QED) is 0.905. The van der Waals surface area contributed by atoms with E-state index in [1.165, 1.54) is 5.56 Å². The highest BCUT2D eigenvalue weighted by molar-refractivity contribution is 5.85. The minimum Gasteiger partial charge on any atom is -0.341 e. The molecule has 0 spiro atoms. The number of hydrogen-bond donors (Lipinski definition) is 1. The predicted octanol–water partition coefficient (Wildman–Crippen LogP) is 2.39. The van der Waals surface area contributed by atoms with Crippen LogP contribution in [-0.2, 0) is 4.79 Å². The fourth-order valence-electron chi connectivity index (χ4n) is 2.64. The Labute approximate surface area is 116 Å². The van der Waals surface area contributed by atoms with Gasteiger partial charge in [0, 0.05) is 13.1 Å². The van der Waals surface area contributed by atoms with Crippen LogP contribution in [0.2, 0.25) is 0 Å². The minimum atomic E-state index is -0.459. The lowest BCUT2D eigenvalue weighted by Crippen LogP contribution is -2.54. The van der Waals surface area contributed by atoms with E-state index >= 15 is 0 Å². The topological polar surface area (TPSA) is 32.3 Å². The lowest BCUT2D eigenvalue weighted by atomic mass is 9.88. The molecule has 1 fully saturated rings. The molecule has 0 bridgehead atoms. The largest absolute Gasteiger partial charge is 0.341 e. The van der Waals surface area contributed by atoms with E-state index < -0.39 is 5.54 Å². The number of likely N-dealkylation sites (N-methyl/N-ethyl adjacent to an activating group) is 1. The highest BCUT2D eigenvalue weighted by atomic mass is 16.2. The van der Waals surface area contributed by atoms with Gasteiger partial charge in [-0.25, -0.2) is 0 Å². The van der Waals surface area contributed by atoms with Crippen molar-refractivity contribution in [3.63, 3.8) is 0 Å². The van der Waals surface area contributed by atoms with Crippen molar-refractivity contribution in [1.82, 2.24) is 10.2 Å². The van der Waals surface area contributed by atoms with Crippen LogP contribution >= 0.6 is 0 Å². The van der Waals surface area contributed by atoms with Gasteiger partial charge in [-0.05, 0) is 45.2 Å². The van der Waals surface area contributed by atoms with E-state index in [-0.39, 0.29) is 5.91 Å². The Morgan fingerprint density at radius 2 is 1.79 bits per heavy atom. The summed E-state index contributed by atoms with van der Waals surface area (Å²) in [6, 6.07) is 10.6. The Morgan fingerprint density at radius 1 is 1.21 bits per heavy atom. The summed E-state index contributed by atoms with van der Waals surface area (Å²) >= 11 is 0. The van der Waals surface area contributed by atoms with Crippen LogP contribution < -0.4 is 5.32 Å². The first kappa shape index (κ1) is 14.1. The number of benzene rings is 1. The number of carbonyl (C=O) groups excluding carboxylic acids is 1. The van der Waals surface area contributed by atoms with E-state index in [1.807, 2.05) is 25.8 Å². The summed E-state index contributed by atoms with van der Waals surface area (Å²) in [4.78, 5) is 14.4. The molecule has 3 nitrogen and oxygen atoms in total. The standard InChI is InChI=1S/C16H24N2O/c1-16(2,17-3)15(19)18-11-9-14(10-12-18)13-7-5-4-6-8-13/h4-8,14,17H,9-12H2,1-3H3. The van der Waals surface area contributed by atoms with Crippen LogP contribution in [0.3, 0.4) is 0 Å². The molecule has 19 heavy (non-hydrogen) atoms. The summed E-state index contributed by atoms with van der Waals surface area (Å²) in [5.41, 5.74) is 0.946. The van der Waals surface area contributed by atoms with Crippen molar-refractivity contribution in [2.24, 2.45) is 0 Å². The zero-order chi connectivity index (χ0) is 13.9. The molecule has 1 aliphatic heterocycles. The molecule has 1 saturated heterocycles. The van der Waals surface area contributed by atoms with Crippen LogP contribution in [-0.4, -0.2) is 36.5 Å². The smallest absolute Gasteiger partial charge is 0.242 e.